The lowest BCUT2D eigenvalue weighted by atomic mass is 10.2. The fourth-order valence-electron chi connectivity index (χ4n) is 1.77. The molecular weight excluding hydrogens is 335 g/mol. The summed E-state index contributed by atoms with van der Waals surface area (Å²) in [6.45, 7) is 0.380. The highest BCUT2D eigenvalue weighted by atomic mass is 35.5. The van der Waals surface area contributed by atoms with Crippen LogP contribution in [0, 0.1) is 18.3 Å². The molecule has 0 spiro atoms. The van der Waals surface area contributed by atoms with Gasteiger partial charge in [0.25, 0.3) is 5.56 Å². The van der Waals surface area contributed by atoms with Crippen LogP contribution in [0.3, 0.4) is 0 Å². The first kappa shape index (κ1) is 17.4. The molecule has 0 N–H and O–H groups in total. The molecule has 0 unspecified atom stereocenters. The van der Waals surface area contributed by atoms with Crippen molar-refractivity contribution in [2.45, 2.75) is 19.4 Å². The van der Waals surface area contributed by atoms with Crippen molar-refractivity contribution in [2.75, 3.05) is 7.11 Å². The summed E-state index contributed by atoms with van der Waals surface area (Å²) < 4.78 is 6.48. The fourth-order valence-corrected chi connectivity index (χ4v) is 2.22. The molecule has 1 saturated carbocycles. The quantitative estimate of drug-likeness (QED) is 0.793. The molecule has 1 aromatic heterocycles. The number of nitrogens with zero attached hydrogens (tertiary/aromatic N) is 2. The Morgan fingerprint density at radius 1 is 1.35 bits per heavy atom. The van der Waals surface area contributed by atoms with E-state index >= 15 is 0 Å². The van der Waals surface area contributed by atoms with E-state index in [0.29, 0.717) is 12.5 Å². The molecule has 1 aliphatic rings. The lowest BCUT2D eigenvalue weighted by Crippen LogP contribution is -2.21. The Labute approximate surface area is 145 Å². The van der Waals surface area contributed by atoms with Crippen LogP contribution in [-0.4, -0.2) is 16.7 Å². The molecule has 2 aromatic rings. The summed E-state index contributed by atoms with van der Waals surface area (Å²) in [7, 11) is 1.60. The molecule has 0 amide bonds. The Kier molecular flexibility index (Phi) is 6.09. The van der Waals surface area contributed by atoms with Crippen molar-refractivity contribution in [2.24, 2.45) is 5.92 Å². The highest BCUT2D eigenvalue weighted by molar-refractivity contribution is 6.32. The Balaban J connectivity index is 0.000000326. The molecule has 0 bridgehead atoms. The maximum absolute atomic E-state index is 11.7. The average molecular weight is 351 g/mol. The standard InChI is InChI=1S/C12H10Cl2N2O2.C5H6/c1-18-9-4-2-8(3-5-9)6-16-7-10(13)15-11(14)12(16)17;1-2-5-3-4-5/h2-5,7H,6H2,1H3;1,5H,3-4H2. The zero-order valence-corrected chi connectivity index (χ0v) is 14.1. The highest BCUT2D eigenvalue weighted by Crippen LogP contribution is 2.26. The van der Waals surface area contributed by atoms with Gasteiger partial charge in [0, 0.05) is 12.1 Å². The van der Waals surface area contributed by atoms with Crippen molar-refractivity contribution in [1.82, 2.24) is 9.55 Å². The third-order valence-corrected chi connectivity index (χ3v) is 3.66. The van der Waals surface area contributed by atoms with E-state index in [1.54, 1.807) is 7.11 Å². The molecule has 120 valence electrons. The smallest absolute Gasteiger partial charge is 0.288 e. The second-order valence-corrected chi connectivity index (χ2v) is 5.82. The number of methoxy groups -OCH3 is 1. The maximum atomic E-state index is 11.7. The summed E-state index contributed by atoms with van der Waals surface area (Å²) in [5.41, 5.74) is 0.577. The van der Waals surface area contributed by atoms with E-state index in [9.17, 15) is 4.79 Å². The number of rotatable bonds is 3. The third-order valence-electron chi connectivity index (χ3n) is 3.23. The number of benzene rings is 1. The van der Waals surface area contributed by atoms with E-state index in [4.69, 9.17) is 34.4 Å². The molecule has 0 aliphatic heterocycles. The van der Waals surface area contributed by atoms with E-state index in [-0.39, 0.29) is 15.9 Å². The minimum absolute atomic E-state index is 0.129. The molecule has 0 radical (unpaired) electrons. The van der Waals surface area contributed by atoms with E-state index in [1.165, 1.54) is 23.6 Å². The van der Waals surface area contributed by atoms with Crippen molar-refractivity contribution in [3.05, 3.63) is 56.7 Å². The van der Waals surface area contributed by atoms with Gasteiger partial charge in [0.15, 0.2) is 5.15 Å². The zero-order valence-electron chi connectivity index (χ0n) is 12.6. The van der Waals surface area contributed by atoms with E-state index in [2.05, 4.69) is 10.9 Å². The van der Waals surface area contributed by atoms with Crippen molar-refractivity contribution in [3.63, 3.8) is 0 Å². The second-order valence-electron chi connectivity index (χ2n) is 5.08. The van der Waals surface area contributed by atoms with Gasteiger partial charge in [-0.25, -0.2) is 4.98 Å². The first-order valence-electron chi connectivity index (χ1n) is 7.05. The van der Waals surface area contributed by atoms with E-state index in [1.807, 2.05) is 24.3 Å². The Morgan fingerprint density at radius 3 is 2.48 bits per heavy atom. The summed E-state index contributed by atoms with van der Waals surface area (Å²) in [4.78, 5) is 15.4. The van der Waals surface area contributed by atoms with Gasteiger partial charge in [0.2, 0.25) is 0 Å². The Hall–Kier alpha value is -1.96. The molecule has 6 heteroatoms. The maximum Gasteiger partial charge on any atom is 0.288 e. The summed E-state index contributed by atoms with van der Waals surface area (Å²) in [6, 6.07) is 7.39. The number of halogens is 2. The summed E-state index contributed by atoms with van der Waals surface area (Å²) in [6.07, 6.45) is 8.99. The van der Waals surface area contributed by atoms with Gasteiger partial charge >= 0.3 is 0 Å². The molecule has 0 atom stereocenters. The van der Waals surface area contributed by atoms with Gasteiger partial charge in [-0.1, -0.05) is 35.3 Å². The summed E-state index contributed by atoms with van der Waals surface area (Å²) in [5, 5.41) is 0.0594. The Bertz CT molecular complexity index is 760. The van der Waals surface area contributed by atoms with Gasteiger partial charge < -0.3 is 9.30 Å². The van der Waals surface area contributed by atoms with Crippen molar-refractivity contribution in [3.8, 4) is 18.1 Å². The molecule has 23 heavy (non-hydrogen) atoms. The normalized spacial score (nSPS) is 12.8. The lowest BCUT2D eigenvalue weighted by molar-refractivity contribution is 0.414. The number of ether oxygens (including phenoxy) is 1. The largest absolute Gasteiger partial charge is 0.497 e. The van der Waals surface area contributed by atoms with Crippen LogP contribution in [0.25, 0.3) is 0 Å². The number of hydrogen-bond acceptors (Lipinski definition) is 3. The number of aromatic nitrogens is 2. The second kappa shape index (κ2) is 8.05. The monoisotopic (exact) mass is 350 g/mol. The van der Waals surface area contributed by atoms with E-state index in [0.717, 1.165) is 11.3 Å². The molecule has 1 aromatic carbocycles. The molecule has 0 saturated heterocycles. The van der Waals surface area contributed by atoms with Gasteiger partial charge in [0.1, 0.15) is 10.9 Å². The van der Waals surface area contributed by atoms with Crippen molar-refractivity contribution in [1.29, 1.82) is 0 Å². The summed E-state index contributed by atoms with van der Waals surface area (Å²) >= 11 is 11.4. The van der Waals surface area contributed by atoms with E-state index < -0.39 is 0 Å². The third kappa shape index (κ3) is 5.31. The molecule has 3 rings (SSSR count). The SMILES string of the molecule is C#CC1CC1.COc1ccc(Cn2cc(Cl)nc(Cl)c2=O)cc1. The summed E-state index contributed by atoms with van der Waals surface area (Å²) in [5.74, 6) is 4.06. The lowest BCUT2D eigenvalue weighted by Gasteiger charge is -2.07. The van der Waals surface area contributed by atoms with Crippen LogP contribution in [0.2, 0.25) is 10.3 Å². The van der Waals surface area contributed by atoms with Gasteiger partial charge in [-0.15, -0.1) is 12.3 Å². The van der Waals surface area contributed by atoms with Gasteiger partial charge in [0.05, 0.1) is 13.7 Å². The fraction of sp³-hybridized carbons (Fsp3) is 0.294. The first-order valence-corrected chi connectivity index (χ1v) is 7.80. The molecule has 1 aliphatic carbocycles. The van der Waals surface area contributed by atoms with Crippen LogP contribution in [-0.2, 0) is 6.54 Å². The molecule has 4 nitrogen and oxygen atoms in total. The van der Waals surface area contributed by atoms with Gasteiger partial charge in [-0.05, 0) is 30.5 Å². The van der Waals surface area contributed by atoms with Gasteiger partial charge in [-0.2, -0.15) is 0 Å². The Morgan fingerprint density at radius 2 is 2.00 bits per heavy atom. The average Bonchev–Trinajstić information content (AvgIpc) is 3.38. The van der Waals surface area contributed by atoms with Crippen molar-refractivity contribution < 1.29 is 4.74 Å². The van der Waals surface area contributed by atoms with Gasteiger partial charge in [-0.3, -0.25) is 4.79 Å². The zero-order chi connectivity index (χ0) is 16.8. The number of terminal acetylenes is 1. The van der Waals surface area contributed by atoms with Crippen LogP contribution >= 0.6 is 23.2 Å². The van der Waals surface area contributed by atoms with Crippen LogP contribution < -0.4 is 10.3 Å². The molecule has 1 heterocycles. The minimum Gasteiger partial charge on any atom is -0.497 e. The van der Waals surface area contributed by atoms with Crippen LogP contribution in [0.5, 0.6) is 5.75 Å². The van der Waals surface area contributed by atoms with Crippen LogP contribution in [0.1, 0.15) is 18.4 Å². The topological polar surface area (TPSA) is 44.1 Å². The predicted octanol–water partition coefficient (Wildman–Crippen LogP) is 3.64. The predicted molar refractivity (Wildman–Crippen MR) is 92.2 cm³/mol. The highest BCUT2D eigenvalue weighted by Gasteiger charge is 2.16. The molecular formula is C17H16Cl2N2O2. The minimum atomic E-state index is -0.364. The van der Waals surface area contributed by atoms with Crippen LogP contribution in [0.15, 0.2) is 35.3 Å². The van der Waals surface area contributed by atoms with Crippen molar-refractivity contribution >= 4 is 23.2 Å². The molecule has 1 fully saturated rings. The van der Waals surface area contributed by atoms with Crippen LogP contribution in [0.4, 0.5) is 0 Å². The number of hydrogen-bond donors (Lipinski definition) is 0. The first-order chi connectivity index (χ1) is 11.0.